The van der Waals surface area contributed by atoms with Crippen molar-refractivity contribution in [3.8, 4) is 11.3 Å². The molecule has 0 bridgehead atoms. The predicted octanol–water partition coefficient (Wildman–Crippen LogP) is 3.06. The lowest BCUT2D eigenvalue weighted by atomic mass is 10.0. The van der Waals surface area contributed by atoms with Crippen LogP contribution in [0.3, 0.4) is 0 Å². The SMILES string of the molecule is Cc1ncc(-c2cccc(C(C)(F)F)c2)nc1CO. The van der Waals surface area contributed by atoms with Gasteiger partial charge >= 0.3 is 0 Å². The van der Waals surface area contributed by atoms with Gasteiger partial charge in [-0.15, -0.1) is 0 Å². The Morgan fingerprint density at radius 2 is 2.05 bits per heavy atom. The van der Waals surface area contributed by atoms with Crippen molar-refractivity contribution in [2.24, 2.45) is 0 Å². The minimum Gasteiger partial charge on any atom is -0.390 e. The molecule has 19 heavy (non-hydrogen) atoms. The van der Waals surface area contributed by atoms with Gasteiger partial charge in [-0.25, -0.2) is 13.8 Å². The van der Waals surface area contributed by atoms with E-state index in [-0.39, 0.29) is 12.2 Å². The van der Waals surface area contributed by atoms with E-state index in [1.54, 1.807) is 19.1 Å². The highest BCUT2D eigenvalue weighted by molar-refractivity contribution is 5.59. The van der Waals surface area contributed by atoms with Gasteiger partial charge in [-0.2, -0.15) is 0 Å². The zero-order chi connectivity index (χ0) is 14.0. The van der Waals surface area contributed by atoms with E-state index in [0.29, 0.717) is 22.6 Å². The standard InChI is InChI=1S/C14H14F2N2O/c1-9-13(8-19)18-12(7-17-9)10-4-3-5-11(6-10)14(2,15)16/h3-7,19H,8H2,1-2H3. The second-order valence-corrected chi connectivity index (χ2v) is 4.41. The number of hydrogen-bond donors (Lipinski definition) is 1. The molecule has 0 aliphatic heterocycles. The van der Waals surface area contributed by atoms with Crippen molar-refractivity contribution >= 4 is 0 Å². The summed E-state index contributed by atoms with van der Waals surface area (Å²) in [4.78, 5) is 8.33. The molecule has 0 fully saturated rings. The van der Waals surface area contributed by atoms with Crippen LogP contribution in [0.1, 0.15) is 23.9 Å². The summed E-state index contributed by atoms with van der Waals surface area (Å²) >= 11 is 0. The van der Waals surface area contributed by atoms with Crippen molar-refractivity contribution in [1.29, 1.82) is 0 Å². The maximum absolute atomic E-state index is 13.3. The van der Waals surface area contributed by atoms with E-state index in [1.807, 2.05) is 0 Å². The Hall–Kier alpha value is -1.88. The molecule has 0 radical (unpaired) electrons. The molecule has 100 valence electrons. The number of aliphatic hydroxyl groups is 1. The Kier molecular flexibility index (Phi) is 3.57. The van der Waals surface area contributed by atoms with Gasteiger partial charge < -0.3 is 5.11 Å². The Morgan fingerprint density at radius 1 is 1.32 bits per heavy atom. The molecule has 0 aliphatic rings. The van der Waals surface area contributed by atoms with Gasteiger partial charge in [-0.3, -0.25) is 4.98 Å². The van der Waals surface area contributed by atoms with E-state index >= 15 is 0 Å². The molecule has 0 atom stereocenters. The first-order valence-electron chi connectivity index (χ1n) is 5.84. The van der Waals surface area contributed by atoms with Crippen molar-refractivity contribution in [2.75, 3.05) is 0 Å². The zero-order valence-corrected chi connectivity index (χ0v) is 10.7. The summed E-state index contributed by atoms with van der Waals surface area (Å²) < 4.78 is 26.6. The average Bonchev–Trinajstić information content (AvgIpc) is 2.38. The lowest BCUT2D eigenvalue weighted by molar-refractivity contribution is 0.0175. The lowest BCUT2D eigenvalue weighted by Gasteiger charge is -2.12. The van der Waals surface area contributed by atoms with E-state index in [1.165, 1.54) is 18.3 Å². The van der Waals surface area contributed by atoms with E-state index in [0.717, 1.165) is 6.92 Å². The van der Waals surface area contributed by atoms with Crippen LogP contribution in [-0.2, 0) is 12.5 Å². The van der Waals surface area contributed by atoms with Gasteiger partial charge in [0, 0.05) is 18.1 Å². The van der Waals surface area contributed by atoms with Crippen LogP contribution in [0.25, 0.3) is 11.3 Å². The summed E-state index contributed by atoms with van der Waals surface area (Å²) in [7, 11) is 0. The topological polar surface area (TPSA) is 46.0 Å². The highest BCUT2D eigenvalue weighted by Gasteiger charge is 2.24. The molecule has 1 aromatic heterocycles. The third-order valence-electron chi connectivity index (χ3n) is 2.87. The van der Waals surface area contributed by atoms with Crippen molar-refractivity contribution in [1.82, 2.24) is 9.97 Å². The quantitative estimate of drug-likeness (QED) is 0.926. The molecule has 1 heterocycles. The van der Waals surface area contributed by atoms with Crippen LogP contribution < -0.4 is 0 Å². The van der Waals surface area contributed by atoms with Gasteiger partial charge in [0.15, 0.2) is 0 Å². The van der Waals surface area contributed by atoms with Gasteiger partial charge in [0.2, 0.25) is 0 Å². The Balaban J connectivity index is 2.47. The van der Waals surface area contributed by atoms with Crippen LogP contribution in [0.4, 0.5) is 8.78 Å². The molecule has 3 nitrogen and oxygen atoms in total. The highest BCUT2D eigenvalue weighted by Crippen LogP contribution is 2.29. The monoisotopic (exact) mass is 264 g/mol. The lowest BCUT2D eigenvalue weighted by Crippen LogP contribution is -2.07. The predicted molar refractivity (Wildman–Crippen MR) is 67.7 cm³/mol. The van der Waals surface area contributed by atoms with Gasteiger partial charge in [0.1, 0.15) is 0 Å². The van der Waals surface area contributed by atoms with Crippen LogP contribution in [0, 0.1) is 6.92 Å². The van der Waals surface area contributed by atoms with E-state index < -0.39 is 5.92 Å². The van der Waals surface area contributed by atoms with Crippen molar-refractivity contribution in [3.63, 3.8) is 0 Å². The molecule has 0 unspecified atom stereocenters. The van der Waals surface area contributed by atoms with Gasteiger partial charge in [-0.05, 0) is 13.0 Å². The fourth-order valence-electron chi connectivity index (χ4n) is 1.73. The van der Waals surface area contributed by atoms with E-state index in [9.17, 15) is 8.78 Å². The number of halogens is 2. The van der Waals surface area contributed by atoms with E-state index in [4.69, 9.17) is 5.11 Å². The van der Waals surface area contributed by atoms with Crippen molar-refractivity contribution in [2.45, 2.75) is 26.4 Å². The Labute approximate surface area is 110 Å². The third kappa shape index (κ3) is 2.93. The number of alkyl halides is 2. The molecule has 1 aromatic carbocycles. The minimum absolute atomic E-state index is 0.0714. The first kappa shape index (κ1) is 13.5. The van der Waals surface area contributed by atoms with Crippen LogP contribution in [0.15, 0.2) is 30.5 Å². The molecule has 0 aliphatic carbocycles. The summed E-state index contributed by atoms with van der Waals surface area (Å²) in [6.07, 6.45) is 1.52. The molecule has 0 saturated carbocycles. The van der Waals surface area contributed by atoms with Crippen LogP contribution >= 0.6 is 0 Å². The summed E-state index contributed by atoms with van der Waals surface area (Å²) in [6.45, 7) is 2.36. The average molecular weight is 264 g/mol. The summed E-state index contributed by atoms with van der Waals surface area (Å²) in [5, 5.41) is 9.15. The Morgan fingerprint density at radius 3 is 2.68 bits per heavy atom. The van der Waals surface area contributed by atoms with Crippen LogP contribution in [-0.4, -0.2) is 15.1 Å². The third-order valence-corrected chi connectivity index (χ3v) is 2.87. The first-order chi connectivity index (χ1) is 8.91. The second kappa shape index (κ2) is 5.01. The van der Waals surface area contributed by atoms with Crippen molar-refractivity contribution < 1.29 is 13.9 Å². The fourth-order valence-corrected chi connectivity index (χ4v) is 1.73. The molecular weight excluding hydrogens is 250 g/mol. The molecule has 2 aromatic rings. The molecule has 0 amide bonds. The minimum atomic E-state index is -2.89. The maximum atomic E-state index is 13.3. The molecule has 0 saturated heterocycles. The highest BCUT2D eigenvalue weighted by atomic mass is 19.3. The number of hydrogen-bond acceptors (Lipinski definition) is 3. The molecule has 1 N–H and O–H groups in total. The first-order valence-corrected chi connectivity index (χ1v) is 5.84. The molecular formula is C14H14F2N2O. The van der Waals surface area contributed by atoms with Gasteiger partial charge in [0.05, 0.1) is 29.9 Å². The fraction of sp³-hybridized carbons (Fsp3) is 0.286. The normalized spacial score (nSPS) is 11.6. The zero-order valence-electron chi connectivity index (χ0n) is 10.7. The van der Waals surface area contributed by atoms with Gasteiger partial charge in [0.25, 0.3) is 5.92 Å². The summed E-state index contributed by atoms with van der Waals surface area (Å²) in [5.74, 6) is -2.89. The summed E-state index contributed by atoms with van der Waals surface area (Å²) in [5.41, 5.74) is 2.04. The number of aliphatic hydroxyl groups excluding tert-OH is 1. The second-order valence-electron chi connectivity index (χ2n) is 4.41. The number of aryl methyl sites for hydroxylation is 1. The largest absolute Gasteiger partial charge is 0.390 e. The molecule has 5 heteroatoms. The number of aromatic nitrogens is 2. The van der Waals surface area contributed by atoms with Crippen LogP contribution in [0.5, 0.6) is 0 Å². The maximum Gasteiger partial charge on any atom is 0.270 e. The van der Waals surface area contributed by atoms with Crippen molar-refractivity contribution in [3.05, 3.63) is 47.4 Å². The van der Waals surface area contributed by atoms with Crippen LogP contribution in [0.2, 0.25) is 0 Å². The Bertz CT molecular complexity index is 594. The molecule has 2 rings (SSSR count). The number of nitrogens with zero attached hydrogens (tertiary/aromatic N) is 2. The van der Waals surface area contributed by atoms with E-state index in [2.05, 4.69) is 9.97 Å². The van der Waals surface area contributed by atoms with Gasteiger partial charge in [-0.1, -0.05) is 18.2 Å². The number of rotatable bonds is 3. The smallest absolute Gasteiger partial charge is 0.270 e. The molecule has 0 spiro atoms. The number of benzene rings is 1. The summed E-state index contributed by atoms with van der Waals surface area (Å²) in [6, 6.07) is 6.01.